The Kier molecular flexibility index (Phi) is 4.03. The Labute approximate surface area is 102 Å². The van der Waals surface area contributed by atoms with Crippen molar-refractivity contribution in [1.82, 2.24) is 4.98 Å². The average molecular weight is 268 g/mol. The second kappa shape index (κ2) is 4.81. The van der Waals surface area contributed by atoms with Crippen LogP contribution >= 0.6 is 11.3 Å². The van der Waals surface area contributed by atoms with E-state index in [1.54, 1.807) is 0 Å². The summed E-state index contributed by atoms with van der Waals surface area (Å²) in [6, 6.07) is 0. The van der Waals surface area contributed by atoms with Gasteiger partial charge in [0, 0.05) is 6.54 Å². The molecule has 0 aliphatic rings. The molecule has 17 heavy (non-hydrogen) atoms. The van der Waals surface area contributed by atoms with Crippen molar-refractivity contribution in [3.05, 3.63) is 11.1 Å². The quantitative estimate of drug-likeness (QED) is 0.885. The Balaban J connectivity index is 2.57. The number of alkyl halides is 3. The van der Waals surface area contributed by atoms with Crippen LogP contribution in [0.15, 0.2) is 6.20 Å². The van der Waals surface area contributed by atoms with E-state index in [1.165, 1.54) is 0 Å². The number of thiazole rings is 1. The van der Waals surface area contributed by atoms with Gasteiger partial charge in [0.15, 0.2) is 5.13 Å². The van der Waals surface area contributed by atoms with Gasteiger partial charge in [-0.15, -0.1) is 0 Å². The standard InChI is InChI=1S/C10H15F3N2OS/c1-9(2,3)6(16)4-14-8-15-5-7(17-8)10(11,12)13/h5-6,16H,4H2,1-3H3,(H,14,15). The lowest BCUT2D eigenvalue weighted by Crippen LogP contribution is -2.32. The van der Waals surface area contributed by atoms with Crippen molar-refractivity contribution in [2.75, 3.05) is 11.9 Å². The monoisotopic (exact) mass is 268 g/mol. The normalized spacial score (nSPS) is 14.8. The van der Waals surface area contributed by atoms with E-state index in [-0.39, 0.29) is 17.1 Å². The number of aliphatic hydroxyl groups is 1. The van der Waals surface area contributed by atoms with Crippen LogP contribution in [0.25, 0.3) is 0 Å². The van der Waals surface area contributed by atoms with E-state index in [2.05, 4.69) is 10.3 Å². The van der Waals surface area contributed by atoms with E-state index in [1.807, 2.05) is 20.8 Å². The van der Waals surface area contributed by atoms with Crippen molar-refractivity contribution in [1.29, 1.82) is 0 Å². The zero-order valence-electron chi connectivity index (χ0n) is 9.80. The summed E-state index contributed by atoms with van der Waals surface area (Å²) in [4.78, 5) is 2.87. The molecule has 0 fully saturated rings. The second-order valence-electron chi connectivity index (χ2n) is 4.79. The molecule has 7 heteroatoms. The lowest BCUT2D eigenvalue weighted by molar-refractivity contribution is -0.134. The van der Waals surface area contributed by atoms with Gasteiger partial charge in [-0.05, 0) is 5.41 Å². The lowest BCUT2D eigenvalue weighted by atomic mass is 9.89. The first-order chi connectivity index (χ1) is 7.60. The van der Waals surface area contributed by atoms with Crippen LogP contribution in [-0.2, 0) is 6.18 Å². The van der Waals surface area contributed by atoms with Crippen molar-refractivity contribution >= 4 is 16.5 Å². The first-order valence-electron chi connectivity index (χ1n) is 5.05. The van der Waals surface area contributed by atoms with E-state index in [0.29, 0.717) is 11.3 Å². The summed E-state index contributed by atoms with van der Waals surface area (Å²) in [6.07, 6.45) is -4.22. The molecule has 0 saturated heterocycles. The molecule has 2 N–H and O–H groups in total. The van der Waals surface area contributed by atoms with Crippen LogP contribution < -0.4 is 5.32 Å². The Morgan fingerprint density at radius 3 is 2.41 bits per heavy atom. The van der Waals surface area contributed by atoms with E-state index < -0.39 is 17.2 Å². The molecule has 1 heterocycles. The van der Waals surface area contributed by atoms with Gasteiger partial charge < -0.3 is 10.4 Å². The fourth-order valence-corrected chi connectivity index (χ4v) is 1.67. The predicted molar refractivity (Wildman–Crippen MR) is 61.1 cm³/mol. The first kappa shape index (κ1) is 14.2. The molecule has 3 nitrogen and oxygen atoms in total. The molecule has 1 aromatic heterocycles. The van der Waals surface area contributed by atoms with Gasteiger partial charge in [0.05, 0.1) is 12.3 Å². The molecule has 0 aliphatic carbocycles. The maximum Gasteiger partial charge on any atom is 0.427 e. The number of nitrogens with one attached hydrogen (secondary N) is 1. The van der Waals surface area contributed by atoms with Crippen LogP contribution in [0, 0.1) is 5.41 Å². The van der Waals surface area contributed by atoms with Crippen LogP contribution in [-0.4, -0.2) is 22.7 Å². The SMILES string of the molecule is CC(C)(C)C(O)CNc1ncc(C(F)(F)F)s1. The number of nitrogens with zero attached hydrogens (tertiary/aromatic N) is 1. The van der Waals surface area contributed by atoms with Crippen LogP contribution in [0.2, 0.25) is 0 Å². The topological polar surface area (TPSA) is 45.1 Å². The van der Waals surface area contributed by atoms with Gasteiger partial charge in [-0.3, -0.25) is 0 Å². The summed E-state index contributed by atoms with van der Waals surface area (Å²) in [5.74, 6) is 0. The average Bonchev–Trinajstić information content (AvgIpc) is 2.59. The van der Waals surface area contributed by atoms with E-state index in [4.69, 9.17) is 0 Å². The molecule has 1 unspecified atom stereocenters. The van der Waals surface area contributed by atoms with E-state index in [0.717, 1.165) is 6.20 Å². The number of aromatic nitrogens is 1. The first-order valence-corrected chi connectivity index (χ1v) is 5.87. The highest BCUT2D eigenvalue weighted by atomic mass is 32.1. The number of anilines is 1. The van der Waals surface area contributed by atoms with Crippen molar-refractivity contribution in [2.24, 2.45) is 5.41 Å². The van der Waals surface area contributed by atoms with Crippen molar-refractivity contribution in [3.63, 3.8) is 0 Å². The molecular weight excluding hydrogens is 253 g/mol. The third kappa shape index (κ3) is 4.16. The van der Waals surface area contributed by atoms with E-state index >= 15 is 0 Å². The van der Waals surface area contributed by atoms with Crippen molar-refractivity contribution in [2.45, 2.75) is 33.1 Å². The number of rotatable bonds is 3. The molecule has 0 aliphatic heterocycles. The Morgan fingerprint density at radius 2 is 2.00 bits per heavy atom. The van der Waals surface area contributed by atoms with Gasteiger partial charge in [-0.1, -0.05) is 32.1 Å². The molecule has 1 rings (SSSR count). The number of halogens is 3. The second-order valence-corrected chi connectivity index (χ2v) is 5.82. The van der Waals surface area contributed by atoms with E-state index in [9.17, 15) is 18.3 Å². The summed E-state index contributed by atoms with van der Waals surface area (Å²) in [5, 5.41) is 12.6. The van der Waals surface area contributed by atoms with Crippen molar-refractivity contribution in [3.8, 4) is 0 Å². The highest BCUT2D eigenvalue weighted by Crippen LogP contribution is 2.35. The smallest absolute Gasteiger partial charge is 0.391 e. The zero-order valence-corrected chi connectivity index (χ0v) is 10.6. The summed E-state index contributed by atoms with van der Waals surface area (Å²) < 4.78 is 36.8. The maximum atomic E-state index is 12.3. The minimum absolute atomic E-state index is 0.167. The highest BCUT2D eigenvalue weighted by molar-refractivity contribution is 7.15. The van der Waals surface area contributed by atoms with Gasteiger partial charge in [-0.2, -0.15) is 13.2 Å². The van der Waals surface area contributed by atoms with Gasteiger partial charge >= 0.3 is 6.18 Å². The zero-order chi connectivity index (χ0) is 13.3. The molecule has 0 radical (unpaired) electrons. The van der Waals surface area contributed by atoms with Crippen LogP contribution in [0.1, 0.15) is 25.6 Å². The van der Waals surface area contributed by atoms with Crippen LogP contribution in [0.5, 0.6) is 0 Å². The van der Waals surface area contributed by atoms with Gasteiger partial charge in [-0.25, -0.2) is 4.98 Å². The number of aliphatic hydroxyl groups excluding tert-OH is 1. The molecule has 98 valence electrons. The fourth-order valence-electron chi connectivity index (χ4n) is 0.977. The number of hydrogen-bond donors (Lipinski definition) is 2. The lowest BCUT2D eigenvalue weighted by Gasteiger charge is -2.25. The molecule has 0 bridgehead atoms. The van der Waals surface area contributed by atoms with Crippen LogP contribution in [0.4, 0.5) is 18.3 Å². The molecule has 0 spiro atoms. The maximum absolute atomic E-state index is 12.3. The summed E-state index contributed by atoms with van der Waals surface area (Å²) in [6.45, 7) is 5.72. The molecule has 0 saturated carbocycles. The number of hydrogen-bond acceptors (Lipinski definition) is 4. The molecular formula is C10H15F3N2OS. The minimum Gasteiger partial charge on any atom is -0.391 e. The summed E-state index contributed by atoms with van der Waals surface area (Å²) >= 11 is 0.534. The predicted octanol–water partition coefficient (Wildman–Crippen LogP) is 2.98. The summed E-state index contributed by atoms with van der Waals surface area (Å²) in [7, 11) is 0. The third-order valence-corrected chi connectivity index (χ3v) is 3.23. The summed E-state index contributed by atoms with van der Waals surface area (Å²) in [5.41, 5.74) is -0.322. The van der Waals surface area contributed by atoms with Gasteiger partial charge in [0.2, 0.25) is 0 Å². The molecule has 1 aromatic rings. The minimum atomic E-state index is -4.36. The van der Waals surface area contributed by atoms with Gasteiger partial charge in [0.1, 0.15) is 4.88 Å². The van der Waals surface area contributed by atoms with Crippen molar-refractivity contribution < 1.29 is 18.3 Å². The van der Waals surface area contributed by atoms with Crippen LogP contribution in [0.3, 0.4) is 0 Å². The highest BCUT2D eigenvalue weighted by Gasteiger charge is 2.33. The fraction of sp³-hybridized carbons (Fsp3) is 0.700. The van der Waals surface area contributed by atoms with Gasteiger partial charge in [0.25, 0.3) is 0 Å². The largest absolute Gasteiger partial charge is 0.427 e. The third-order valence-electron chi connectivity index (χ3n) is 2.23. The molecule has 0 amide bonds. The Bertz CT molecular complexity index is 370. The Hall–Kier alpha value is -0.820. The molecule has 1 atom stereocenters. The molecule has 0 aromatic carbocycles. The Morgan fingerprint density at radius 1 is 1.41 bits per heavy atom.